The van der Waals surface area contributed by atoms with Crippen LogP contribution in [0.1, 0.15) is 12.8 Å². The normalized spacial score (nSPS) is 10.6. The van der Waals surface area contributed by atoms with E-state index < -0.39 is 0 Å². The van der Waals surface area contributed by atoms with Crippen molar-refractivity contribution in [2.75, 3.05) is 32.5 Å². The number of H-pyrrole nitrogens is 1. The molecule has 0 saturated carbocycles. The molecule has 1 heterocycles. The quantitative estimate of drug-likeness (QED) is 0.672. The van der Waals surface area contributed by atoms with E-state index in [0.717, 1.165) is 31.6 Å². The van der Waals surface area contributed by atoms with E-state index in [9.17, 15) is 4.79 Å². The highest BCUT2D eigenvalue weighted by Gasteiger charge is 1.94. The smallest absolute Gasteiger partial charge is 0.266 e. The molecule has 5 heteroatoms. The van der Waals surface area contributed by atoms with Gasteiger partial charge in [0.25, 0.3) is 5.56 Å². The first kappa shape index (κ1) is 11.7. The molecule has 0 amide bonds. The van der Waals surface area contributed by atoms with Crippen molar-refractivity contribution in [1.29, 1.82) is 0 Å². The van der Waals surface area contributed by atoms with Gasteiger partial charge >= 0.3 is 0 Å². The topological polar surface area (TPSA) is 61.0 Å². The average Bonchev–Trinajstić information content (AvgIpc) is 2.17. The van der Waals surface area contributed by atoms with E-state index in [4.69, 9.17) is 0 Å². The first-order valence-corrected chi connectivity index (χ1v) is 5.12. The van der Waals surface area contributed by atoms with Crippen LogP contribution >= 0.6 is 0 Å². The molecule has 84 valence electrons. The lowest BCUT2D eigenvalue weighted by Crippen LogP contribution is -2.14. The SMILES string of the molecule is CN(C)CCCCNc1cn[nH]c(=O)c1. The number of hydrogen-bond acceptors (Lipinski definition) is 4. The summed E-state index contributed by atoms with van der Waals surface area (Å²) in [7, 11) is 4.13. The molecule has 0 spiro atoms. The highest BCUT2D eigenvalue weighted by Crippen LogP contribution is 1.99. The van der Waals surface area contributed by atoms with Crippen molar-refractivity contribution in [3.8, 4) is 0 Å². The van der Waals surface area contributed by atoms with Crippen LogP contribution < -0.4 is 10.9 Å². The summed E-state index contributed by atoms with van der Waals surface area (Å²) in [6.45, 7) is 1.97. The zero-order chi connectivity index (χ0) is 11.1. The Balaban J connectivity index is 2.18. The summed E-state index contributed by atoms with van der Waals surface area (Å²) in [6.07, 6.45) is 3.86. The minimum absolute atomic E-state index is 0.173. The van der Waals surface area contributed by atoms with Crippen LogP contribution in [0, 0.1) is 0 Å². The zero-order valence-electron chi connectivity index (χ0n) is 9.29. The van der Waals surface area contributed by atoms with Crippen molar-refractivity contribution in [2.45, 2.75) is 12.8 Å². The molecule has 0 bridgehead atoms. The zero-order valence-corrected chi connectivity index (χ0v) is 9.29. The molecule has 0 atom stereocenters. The highest BCUT2D eigenvalue weighted by molar-refractivity contribution is 5.38. The maximum atomic E-state index is 10.9. The molecule has 0 radical (unpaired) electrons. The van der Waals surface area contributed by atoms with Gasteiger partial charge in [-0.25, -0.2) is 5.10 Å². The standard InChI is InChI=1S/C10H18N4O/c1-14(2)6-4-3-5-11-9-7-10(15)13-12-8-9/h7-8H,3-6H2,1-2H3,(H2,11,13,15). The van der Waals surface area contributed by atoms with Gasteiger partial charge in [-0.3, -0.25) is 4.79 Å². The van der Waals surface area contributed by atoms with Gasteiger partial charge in [-0.1, -0.05) is 0 Å². The van der Waals surface area contributed by atoms with Gasteiger partial charge in [-0.2, -0.15) is 5.10 Å². The number of nitrogens with zero attached hydrogens (tertiary/aromatic N) is 2. The summed E-state index contributed by atoms with van der Waals surface area (Å²) in [5.74, 6) is 0. The maximum Gasteiger partial charge on any atom is 0.266 e. The number of rotatable bonds is 6. The molecule has 0 aliphatic heterocycles. The average molecular weight is 210 g/mol. The number of hydrogen-bond donors (Lipinski definition) is 2. The Hall–Kier alpha value is -1.36. The van der Waals surface area contributed by atoms with E-state index in [1.165, 1.54) is 6.07 Å². The lowest BCUT2D eigenvalue weighted by Gasteiger charge is -2.09. The van der Waals surface area contributed by atoms with Gasteiger partial charge in [0.05, 0.1) is 11.9 Å². The Bertz CT molecular complexity index is 334. The second kappa shape index (κ2) is 6.19. The van der Waals surface area contributed by atoms with Crippen LogP contribution in [0.25, 0.3) is 0 Å². The van der Waals surface area contributed by atoms with Crippen LogP contribution in [0.3, 0.4) is 0 Å². The Morgan fingerprint density at radius 2 is 2.27 bits per heavy atom. The lowest BCUT2D eigenvalue weighted by atomic mass is 10.3. The summed E-state index contributed by atoms with van der Waals surface area (Å²) >= 11 is 0. The van der Waals surface area contributed by atoms with Gasteiger partial charge in [0.2, 0.25) is 0 Å². The number of aromatic nitrogens is 2. The van der Waals surface area contributed by atoms with Crippen molar-refractivity contribution >= 4 is 5.69 Å². The van der Waals surface area contributed by atoms with Crippen LogP contribution in [-0.2, 0) is 0 Å². The van der Waals surface area contributed by atoms with E-state index >= 15 is 0 Å². The summed E-state index contributed by atoms with van der Waals surface area (Å²) in [5.41, 5.74) is 0.608. The highest BCUT2D eigenvalue weighted by atomic mass is 16.1. The van der Waals surface area contributed by atoms with Crippen molar-refractivity contribution < 1.29 is 0 Å². The molecule has 2 N–H and O–H groups in total. The number of anilines is 1. The monoisotopic (exact) mass is 210 g/mol. The van der Waals surface area contributed by atoms with Gasteiger partial charge in [-0.15, -0.1) is 0 Å². The second-order valence-corrected chi connectivity index (χ2v) is 3.77. The molecule has 0 fully saturated rings. The summed E-state index contributed by atoms with van der Waals surface area (Å²) < 4.78 is 0. The van der Waals surface area contributed by atoms with Gasteiger partial charge in [0.15, 0.2) is 0 Å². The molecule has 1 rings (SSSR count). The number of aromatic amines is 1. The predicted octanol–water partition coefficient (Wildman–Crippen LogP) is 0.524. The molecule has 0 unspecified atom stereocenters. The molecule has 0 saturated heterocycles. The molecule has 0 aliphatic carbocycles. The summed E-state index contributed by atoms with van der Waals surface area (Å²) in [6, 6.07) is 1.51. The van der Waals surface area contributed by atoms with Crippen LogP contribution in [0.15, 0.2) is 17.1 Å². The second-order valence-electron chi connectivity index (χ2n) is 3.77. The minimum Gasteiger partial charge on any atom is -0.384 e. The molecule has 1 aromatic heterocycles. The van der Waals surface area contributed by atoms with Crippen LogP contribution in [-0.4, -0.2) is 42.3 Å². The van der Waals surface area contributed by atoms with E-state index in [2.05, 4.69) is 34.5 Å². The van der Waals surface area contributed by atoms with Crippen molar-refractivity contribution in [3.05, 3.63) is 22.6 Å². The van der Waals surface area contributed by atoms with Crippen molar-refractivity contribution in [2.24, 2.45) is 0 Å². The van der Waals surface area contributed by atoms with Gasteiger partial charge in [-0.05, 0) is 33.5 Å². The lowest BCUT2D eigenvalue weighted by molar-refractivity contribution is 0.396. The molecule has 5 nitrogen and oxygen atoms in total. The minimum atomic E-state index is -0.173. The van der Waals surface area contributed by atoms with Gasteiger partial charge < -0.3 is 10.2 Å². The Kier molecular flexibility index (Phi) is 4.83. The van der Waals surface area contributed by atoms with E-state index in [-0.39, 0.29) is 5.56 Å². The third kappa shape index (κ3) is 5.17. The fourth-order valence-corrected chi connectivity index (χ4v) is 1.26. The van der Waals surface area contributed by atoms with Crippen molar-refractivity contribution in [1.82, 2.24) is 15.1 Å². The summed E-state index contributed by atoms with van der Waals surface area (Å²) in [4.78, 5) is 13.1. The van der Waals surface area contributed by atoms with Crippen LogP contribution in [0.4, 0.5) is 5.69 Å². The van der Waals surface area contributed by atoms with Crippen molar-refractivity contribution in [3.63, 3.8) is 0 Å². The van der Waals surface area contributed by atoms with E-state index in [1.54, 1.807) is 6.20 Å². The number of unbranched alkanes of at least 4 members (excludes halogenated alkanes) is 1. The van der Waals surface area contributed by atoms with E-state index in [1.807, 2.05) is 0 Å². The van der Waals surface area contributed by atoms with Gasteiger partial charge in [0.1, 0.15) is 0 Å². The fraction of sp³-hybridized carbons (Fsp3) is 0.600. The molecular weight excluding hydrogens is 192 g/mol. The molecule has 15 heavy (non-hydrogen) atoms. The Morgan fingerprint density at radius 1 is 1.47 bits per heavy atom. The molecular formula is C10H18N4O. The fourth-order valence-electron chi connectivity index (χ4n) is 1.26. The largest absolute Gasteiger partial charge is 0.384 e. The van der Waals surface area contributed by atoms with Gasteiger partial charge in [0, 0.05) is 12.6 Å². The third-order valence-electron chi connectivity index (χ3n) is 2.03. The van der Waals surface area contributed by atoms with Crippen LogP contribution in [0.5, 0.6) is 0 Å². The number of nitrogens with one attached hydrogen (secondary N) is 2. The Morgan fingerprint density at radius 3 is 2.93 bits per heavy atom. The predicted molar refractivity (Wildman–Crippen MR) is 61.1 cm³/mol. The molecule has 0 aromatic carbocycles. The van der Waals surface area contributed by atoms with E-state index in [0.29, 0.717) is 0 Å². The van der Waals surface area contributed by atoms with Crippen LogP contribution in [0.2, 0.25) is 0 Å². The molecule has 0 aliphatic rings. The first-order valence-electron chi connectivity index (χ1n) is 5.12. The Labute approximate surface area is 89.5 Å². The molecule has 1 aromatic rings. The summed E-state index contributed by atoms with van der Waals surface area (Å²) in [5, 5.41) is 9.20. The third-order valence-corrected chi connectivity index (χ3v) is 2.03. The maximum absolute atomic E-state index is 10.9. The first-order chi connectivity index (χ1) is 7.18.